The van der Waals surface area contributed by atoms with E-state index in [1.807, 2.05) is 6.92 Å². The first-order valence-electron chi connectivity index (χ1n) is 5.71. The monoisotopic (exact) mass is 276 g/mol. The number of alkyl halides is 4. The summed E-state index contributed by atoms with van der Waals surface area (Å²) in [6, 6.07) is 0. The first kappa shape index (κ1) is 16.7. The number of hydrogen-bond acceptors (Lipinski definition) is 1. The fraction of sp³-hybridized carbons (Fsp3) is 0.909. The SMILES string of the molecule is CCCCCCCC[C@@](F)(C(=O)Cl)C(F)(F)F. The van der Waals surface area contributed by atoms with Crippen LogP contribution in [0.1, 0.15) is 51.9 Å². The van der Waals surface area contributed by atoms with E-state index < -0.39 is 23.5 Å². The highest BCUT2D eigenvalue weighted by Gasteiger charge is 2.60. The maximum Gasteiger partial charge on any atom is 0.431 e. The second-order valence-electron chi connectivity index (χ2n) is 4.09. The van der Waals surface area contributed by atoms with Crippen molar-refractivity contribution in [3.63, 3.8) is 0 Å². The van der Waals surface area contributed by atoms with Crippen LogP contribution in [0.25, 0.3) is 0 Å². The van der Waals surface area contributed by atoms with Gasteiger partial charge in [0.1, 0.15) is 0 Å². The third kappa shape index (κ3) is 5.23. The van der Waals surface area contributed by atoms with Crippen LogP contribution in [0.2, 0.25) is 0 Å². The Bertz CT molecular complexity index is 242. The highest BCUT2D eigenvalue weighted by molar-refractivity contribution is 6.65. The average molecular weight is 277 g/mol. The van der Waals surface area contributed by atoms with E-state index in [0.29, 0.717) is 6.42 Å². The normalized spacial score (nSPS) is 15.6. The zero-order chi connectivity index (χ0) is 13.5. The van der Waals surface area contributed by atoms with Gasteiger partial charge in [-0.2, -0.15) is 13.2 Å². The van der Waals surface area contributed by atoms with Crippen LogP contribution in [0, 0.1) is 0 Å². The number of halogens is 5. The van der Waals surface area contributed by atoms with Gasteiger partial charge in [-0.1, -0.05) is 39.0 Å². The quantitative estimate of drug-likeness (QED) is 0.354. The van der Waals surface area contributed by atoms with Crippen molar-refractivity contribution in [1.29, 1.82) is 0 Å². The van der Waals surface area contributed by atoms with Gasteiger partial charge in [-0.15, -0.1) is 0 Å². The molecule has 0 unspecified atom stereocenters. The van der Waals surface area contributed by atoms with Crippen LogP contribution in [0.4, 0.5) is 17.6 Å². The van der Waals surface area contributed by atoms with Crippen LogP contribution < -0.4 is 0 Å². The van der Waals surface area contributed by atoms with Gasteiger partial charge in [0.25, 0.3) is 10.9 Å². The summed E-state index contributed by atoms with van der Waals surface area (Å²) in [7, 11) is 0. The summed E-state index contributed by atoms with van der Waals surface area (Å²) in [4.78, 5) is 10.5. The maximum atomic E-state index is 13.4. The van der Waals surface area contributed by atoms with Crippen molar-refractivity contribution < 1.29 is 22.4 Å². The van der Waals surface area contributed by atoms with Gasteiger partial charge in [-0.25, -0.2) is 4.39 Å². The minimum absolute atomic E-state index is 0.0121. The van der Waals surface area contributed by atoms with Crippen molar-refractivity contribution in [3.05, 3.63) is 0 Å². The van der Waals surface area contributed by atoms with Gasteiger partial charge in [0.05, 0.1) is 0 Å². The van der Waals surface area contributed by atoms with Gasteiger partial charge < -0.3 is 0 Å². The molecule has 0 saturated carbocycles. The smallest absolute Gasteiger partial charge is 0.277 e. The molecule has 0 aromatic heterocycles. The molecule has 0 fully saturated rings. The highest BCUT2D eigenvalue weighted by Crippen LogP contribution is 2.39. The minimum atomic E-state index is -5.23. The summed E-state index contributed by atoms with van der Waals surface area (Å²) in [5.41, 5.74) is -3.89. The molecule has 0 aliphatic rings. The van der Waals surface area contributed by atoms with Gasteiger partial charge in [-0.05, 0) is 24.4 Å². The third-order valence-corrected chi connectivity index (χ3v) is 2.94. The second-order valence-corrected chi connectivity index (χ2v) is 4.43. The first-order valence-corrected chi connectivity index (χ1v) is 6.09. The molecule has 0 spiro atoms. The van der Waals surface area contributed by atoms with Gasteiger partial charge in [0, 0.05) is 0 Å². The maximum absolute atomic E-state index is 13.4. The molecule has 0 aromatic rings. The summed E-state index contributed by atoms with van der Waals surface area (Å²) < 4.78 is 50.3. The Balaban J connectivity index is 4.09. The molecular formula is C11H17ClF4O. The van der Waals surface area contributed by atoms with Crippen LogP contribution in [0.3, 0.4) is 0 Å². The van der Waals surface area contributed by atoms with E-state index in [4.69, 9.17) is 11.6 Å². The number of hydrogen-bond donors (Lipinski definition) is 0. The van der Waals surface area contributed by atoms with Crippen molar-refractivity contribution in [2.24, 2.45) is 0 Å². The second kappa shape index (κ2) is 7.19. The van der Waals surface area contributed by atoms with Crippen LogP contribution >= 0.6 is 11.6 Å². The molecule has 0 amide bonds. The fourth-order valence-corrected chi connectivity index (χ4v) is 1.70. The first-order chi connectivity index (χ1) is 7.75. The Hall–Kier alpha value is -0.320. The molecule has 102 valence electrons. The molecule has 0 aliphatic carbocycles. The highest BCUT2D eigenvalue weighted by atomic mass is 35.5. The zero-order valence-corrected chi connectivity index (χ0v) is 10.5. The number of unbranched alkanes of at least 4 members (excludes halogenated alkanes) is 5. The van der Waals surface area contributed by atoms with Crippen molar-refractivity contribution in [2.75, 3.05) is 0 Å². The summed E-state index contributed by atoms with van der Waals surface area (Å²) >= 11 is 4.70. The molecule has 17 heavy (non-hydrogen) atoms. The van der Waals surface area contributed by atoms with E-state index in [1.54, 1.807) is 0 Å². The molecule has 1 nitrogen and oxygen atoms in total. The number of rotatable bonds is 8. The fourth-order valence-electron chi connectivity index (χ4n) is 1.50. The minimum Gasteiger partial charge on any atom is -0.277 e. The van der Waals surface area contributed by atoms with E-state index in [0.717, 1.165) is 25.7 Å². The van der Waals surface area contributed by atoms with E-state index in [9.17, 15) is 22.4 Å². The zero-order valence-electron chi connectivity index (χ0n) is 9.75. The number of carbonyl (C=O) groups excluding carboxylic acids is 1. The lowest BCUT2D eigenvalue weighted by molar-refractivity contribution is -0.223. The molecule has 1 atom stereocenters. The van der Waals surface area contributed by atoms with Crippen molar-refractivity contribution in [1.82, 2.24) is 0 Å². The third-order valence-electron chi connectivity index (χ3n) is 2.64. The molecule has 0 N–H and O–H groups in total. The predicted molar refractivity (Wildman–Crippen MR) is 58.7 cm³/mol. The van der Waals surface area contributed by atoms with E-state index in [-0.39, 0.29) is 6.42 Å². The molecule has 0 aromatic carbocycles. The largest absolute Gasteiger partial charge is 0.431 e. The molecule has 0 radical (unpaired) electrons. The lowest BCUT2D eigenvalue weighted by atomic mass is 9.98. The average Bonchev–Trinajstić information content (AvgIpc) is 2.20. The van der Waals surface area contributed by atoms with Crippen LogP contribution in [0.5, 0.6) is 0 Å². The topological polar surface area (TPSA) is 17.1 Å². The molecule has 0 heterocycles. The van der Waals surface area contributed by atoms with Crippen molar-refractivity contribution >= 4 is 16.8 Å². The lowest BCUT2D eigenvalue weighted by Gasteiger charge is -2.23. The van der Waals surface area contributed by atoms with Crippen molar-refractivity contribution in [2.45, 2.75) is 63.7 Å². The number of carbonyl (C=O) groups is 1. The van der Waals surface area contributed by atoms with Gasteiger partial charge >= 0.3 is 6.18 Å². The Morgan fingerprint density at radius 3 is 1.88 bits per heavy atom. The molecule has 0 aliphatic heterocycles. The van der Waals surface area contributed by atoms with Gasteiger partial charge in [0.2, 0.25) is 0 Å². The summed E-state index contributed by atoms with van der Waals surface area (Å²) in [5, 5.41) is -1.97. The summed E-state index contributed by atoms with van der Waals surface area (Å²) in [5.74, 6) is 0. The van der Waals surface area contributed by atoms with Crippen LogP contribution in [-0.2, 0) is 4.79 Å². The predicted octanol–water partition coefficient (Wildman–Crippen LogP) is 4.77. The van der Waals surface area contributed by atoms with E-state index in [2.05, 4.69) is 0 Å². The molecule has 0 rings (SSSR count). The van der Waals surface area contributed by atoms with Crippen molar-refractivity contribution in [3.8, 4) is 0 Å². The van der Waals surface area contributed by atoms with Crippen LogP contribution in [-0.4, -0.2) is 17.1 Å². The van der Waals surface area contributed by atoms with E-state index >= 15 is 0 Å². The lowest BCUT2D eigenvalue weighted by Crippen LogP contribution is -2.46. The van der Waals surface area contributed by atoms with Crippen LogP contribution in [0.15, 0.2) is 0 Å². The van der Waals surface area contributed by atoms with Gasteiger partial charge in [-0.3, -0.25) is 4.79 Å². The molecule has 0 bridgehead atoms. The standard InChI is InChI=1S/C11H17ClF4O/c1-2-3-4-5-6-7-8-10(13,9(12)17)11(14,15)16/h2-8H2,1H3/t10-/m1/s1. The Labute approximate surface area is 104 Å². The summed E-state index contributed by atoms with van der Waals surface area (Å²) in [6.45, 7) is 2.02. The molecule has 0 saturated heterocycles. The van der Waals surface area contributed by atoms with Gasteiger partial charge in [0.15, 0.2) is 0 Å². The van der Waals surface area contributed by atoms with E-state index in [1.165, 1.54) is 0 Å². The summed E-state index contributed by atoms with van der Waals surface area (Å²) in [6.07, 6.45) is -1.93. The Morgan fingerprint density at radius 2 is 1.47 bits per heavy atom. The Morgan fingerprint density at radius 1 is 1.00 bits per heavy atom. The Kier molecular flexibility index (Phi) is 7.05. The molecule has 6 heteroatoms. The molecular weight excluding hydrogens is 260 g/mol.